The van der Waals surface area contributed by atoms with Gasteiger partial charge in [-0.2, -0.15) is 10.4 Å². The molecule has 9 heteroatoms. The van der Waals surface area contributed by atoms with Crippen LogP contribution >= 0.6 is 0 Å². The fourth-order valence-electron chi connectivity index (χ4n) is 4.67. The molecule has 0 radical (unpaired) electrons. The van der Waals surface area contributed by atoms with Crippen LogP contribution in [0.25, 0.3) is 16.8 Å². The molecule has 5 rings (SSSR count). The van der Waals surface area contributed by atoms with Gasteiger partial charge in [0.05, 0.1) is 29.4 Å². The molecule has 40 heavy (non-hydrogen) atoms. The van der Waals surface area contributed by atoms with Gasteiger partial charge in [-0.3, -0.25) is 14.6 Å². The summed E-state index contributed by atoms with van der Waals surface area (Å²) in [6, 6.07) is 16.8. The highest BCUT2D eigenvalue weighted by atomic mass is 16.2. The van der Waals surface area contributed by atoms with Crippen molar-refractivity contribution in [3.05, 3.63) is 95.6 Å². The highest BCUT2D eigenvalue weighted by Crippen LogP contribution is 2.25. The van der Waals surface area contributed by atoms with E-state index >= 15 is 0 Å². The Morgan fingerprint density at radius 1 is 0.975 bits per heavy atom. The molecule has 1 saturated heterocycles. The molecule has 0 aliphatic carbocycles. The number of nitrogens with zero attached hydrogens (tertiary/aromatic N) is 6. The van der Waals surface area contributed by atoms with E-state index in [-0.39, 0.29) is 17.7 Å². The molecule has 1 aliphatic rings. The minimum absolute atomic E-state index is 0.0123. The van der Waals surface area contributed by atoms with Crippen molar-refractivity contribution in [1.82, 2.24) is 24.6 Å². The first-order valence-corrected chi connectivity index (χ1v) is 13.2. The van der Waals surface area contributed by atoms with E-state index in [1.54, 1.807) is 48.4 Å². The number of hydrogen-bond donors (Lipinski definition) is 1. The molecule has 0 saturated carbocycles. The summed E-state index contributed by atoms with van der Waals surface area (Å²) in [6.45, 7) is 6.90. The summed E-state index contributed by atoms with van der Waals surface area (Å²) < 4.78 is 1.75. The maximum Gasteiger partial charge on any atom is 0.255 e. The second-order valence-corrected chi connectivity index (χ2v) is 10.2. The largest absolute Gasteiger partial charge is 0.336 e. The van der Waals surface area contributed by atoms with E-state index in [2.05, 4.69) is 33.4 Å². The van der Waals surface area contributed by atoms with Gasteiger partial charge in [0.2, 0.25) is 0 Å². The third-order valence-electron chi connectivity index (χ3n) is 7.25. The van der Waals surface area contributed by atoms with Crippen LogP contribution in [0.4, 0.5) is 5.69 Å². The molecule has 202 valence electrons. The summed E-state index contributed by atoms with van der Waals surface area (Å²) in [5.41, 5.74) is 5.90. The lowest BCUT2D eigenvalue weighted by Crippen LogP contribution is -2.47. The number of pyridine rings is 1. The molecule has 1 aliphatic heterocycles. The number of nitriles is 1. The zero-order chi connectivity index (χ0) is 28.2. The van der Waals surface area contributed by atoms with Crippen LogP contribution in [0.3, 0.4) is 0 Å². The maximum atomic E-state index is 13.1. The van der Waals surface area contributed by atoms with Crippen LogP contribution in [0, 0.1) is 18.3 Å². The van der Waals surface area contributed by atoms with Crippen molar-refractivity contribution in [2.45, 2.75) is 19.8 Å². The van der Waals surface area contributed by atoms with Gasteiger partial charge >= 0.3 is 0 Å². The van der Waals surface area contributed by atoms with Crippen molar-refractivity contribution in [1.29, 1.82) is 5.26 Å². The number of amides is 2. The van der Waals surface area contributed by atoms with Gasteiger partial charge in [-0.25, -0.2) is 4.68 Å². The Balaban J connectivity index is 1.34. The van der Waals surface area contributed by atoms with E-state index in [1.165, 1.54) is 0 Å². The molecule has 4 aromatic rings. The molecule has 9 nitrogen and oxygen atoms in total. The van der Waals surface area contributed by atoms with Crippen LogP contribution in [0.2, 0.25) is 0 Å². The Hall–Kier alpha value is -4.81. The molecule has 2 amide bonds. The van der Waals surface area contributed by atoms with Crippen molar-refractivity contribution in [3.63, 3.8) is 0 Å². The van der Waals surface area contributed by atoms with Crippen molar-refractivity contribution in [3.8, 4) is 22.9 Å². The van der Waals surface area contributed by atoms with E-state index in [9.17, 15) is 14.9 Å². The second kappa shape index (κ2) is 11.5. The summed E-state index contributed by atoms with van der Waals surface area (Å²) >= 11 is 0. The minimum Gasteiger partial charge on any atom is -0.336 e. The number of likely N-dealkylation sites (N-methyl/N-ethyl adjacent to an activating group) is 1. The summed E-state index contributed by atoms with van der Waals surface area (Å²) in [6.07, 6.45) is 6.98. The Kier molecular flexibility index (Phi) is 7.71. The predicted molar refractivity (Wildman–Crippen MR) is 153 cm³/mol. The highest BCUT2D eigenvalue weighted by molar-refractivity contribution is 6.04. The van der Waals surface area contributed by atoms with E-state index < -0.39 is 0 Å². The van der Waals surface area contributed by atoms with Crippen LogP contribution in [-0.2, 0) is 0 Å². The fourth-order valence-corrected chi connectivity index (χ4v) is 4.67. The molecule has 1 fully saturated rings. The number of anilines is 1. The van der Waals surface area contributed by atoms with Crippen molar-refractivity contribution in [2.75, 3.05) is 38.5 Å². The van der Waals surface area contributed by atoms with Gasteiger partial charge in [0.25, 0.3) is 11.8 Å². The van der Waals surface area contributed by atoms with Crippen molar-refractivity contribution >= 4 is 17.5 Å². The lowest BCUT2D eigenvalue weighted by molar-refractivity contribution is 0.0663. The molecule has 3 heterocycles. The summed E-state index contributed by atoms with van der Waals surface area (Å²) in [4.78, 5) is 34.4. The zero-order valence-corrected chi connectivity index (χ0v) is 22.8. The van der Waals surface area contributed by atoms with Gasteiger partial charge in [-0.05, 0) is 62.4 Å². The molecule has 2 aromatic carbocycles. The van der Waals surface area contributed by atoms with Gasteiger partial charge in [0.15, 0.2) is 0 Å². The zero-order valence-electron chi connectivity index (χ0n) is 22.8. The van der Waals surface area contributed by atoms with Crippen molar-refractivity contribution in [2.24, 2.45) is 0 Å². The molecule has 1 N–H and O–H groups in total. The predicted octanol–water partition coefficient (Wildman–Crippen LogP) is 4.51. The van der Waals surface area contributed by atoms with E-state index in [0.29, 0.717) is 29.9 Å². The number of rotatable bonds is 6. The normalized spacial score (nSPS) is 14.4. The standard InChI is InChI=1S/C31H31N7O2/c1-21-7-8-28(35-30(39)24-6-4-5-23(13-24)22(2)16-32)15-29(21)38-20-27(19-34-38)25-14-26(18-33-17-25)31(40)37-11-9-36(3)10-12-37/h4-8,13-15,17-20,22H,9-12H2,1-3H3,(H,35,39). The number of nitrogens with one attached hydrogen (secondary N) is 1. The first-order valence-electron chi connectivity index (χ1n) is 13.2. The van der Waals surface area contributed by atoms with E-state index in [4.69, 9.17) is 0 Å². The molecule has 1 unspecified atom stereocenters. The third-order valence-corrected chi connectivity index (χ3v) is 7.25. The summed E-state index contributed by atoms with van der Waals surface area (Å²) in [5.74, 6) is -0.564. The van der Waals surface area contributed by atoms with Crippen LogP contribution < -0.4 is 5.32 Å². The van der Waals surface area contributed by atoms with E-state index in [1.807, 2.05) is 48.4 Å². The number of hydrogen-bond acceptors (Lipinski definition) is 6. The first-order chi connectivity index (χ1) is 19.3. The SMILES string of the molecule is Cc1ccc(NC(=O)c2cccc(C(C)C#N)c2)cc1-n1cc(-c2cncc(C(=O)N3CCN(C)CC3)c2)cn1. The highest BCUT2D eigenvalue weighted by Gasteiger charge is 2.21. The van der Waals surface area contributed by atoms with E-state index in [0.717, 1.165) is 41.0 Å². The number of aromatic nitrogens is 3. The molecule has 0 bridgehead atoms. The summed E-state index contributed by atoms with van der Waals surface area (Å²) in [7, 11) is 2.06. The number of carbonyl (C=O) groups is 2. The Morgan fingerprint density at radius 3 is 2.55 bits per heavy atom. The molecule has 1 atom stereocenters. The van der Waals surface area contributed by atoms with Crippen LogP contribution in [0.1, 0.15) is 44.7 Å². The topological polar surface area (TPSA) is 107 Å². The average molecular weight is 534 g/mol. The molecule has 2 aromatic heterocycles. The van der Waals surface area contributed by atoms with Gasteiger partial charge in [-0.15, -0.1) is 0 Å². The lowest BCUT2D eigenvalue weighted by Gasteiger charge is -2.32. The Bertz CT molecular complexity index is 1600. The number of piperazine rings is 1. The van der Waals surface area contributed by atoms with Gasteiger partial charge in [-0.1, -0.05) is 18.2 Å². The van der Waals surface area contributed by atoms with Gasteiger partial charge in [0.1, 0.15) is 0 Å². The summed E-state index contributed by atoms with van der Waals surface area (Å²) in [5, 5.41) is 16.7. The average Bonchev–Trinajstić information content (AvgIpc) is 3.48. The molecular formula is C31H31N7O2. The number of benzene rings is 2. The second-order valence-electron chi connectivity index (χ2n) is 10.2. The quantitative estimate of drug-likeness (QED) is 0.391. The number of aryl methyl sites for hydroxylation is 1. The van der Waals surface area contributed by atoms with Crippen LogP contribution in [-0.4, -0.2) is 69.6 Å². The lowest BCUT2D eigenvalue weighted by atomic mass is 10.0. The van der Waals surface area contributed by atoms with Gasteiger partial charge < -0.3 is 15.1 Å². The first kappa shape index (κ1) is 26.8. The Labute approximate surface area is 233 Å². The fraction of sp³-hybridized carbons (Fsp3) is 0.258. The smallest absolute Gasteiger partial charge is 0.255 e. The molecule has 0 spiro atoms. The number of carbonyl (C=O) groups excluding carboxylic acids is 2. The van der Waals surface area contributed by atoms with Crippen LogP contribution in [0.15, 0.2) is 73.3 Å². The Morgan fingerprint density at radius 2 is 1.77 bits per heavy atom. The van der Waals surface area contributed by atoms with Gasteiger partial charge in [0, 0.05) is 67.1 Å². The third kappa shape index (κ3) is 5.77. The maximum absolute atomic E-state index is 13.1. The minimum atomic E-state index is -0.298. The molecular weight excluding hydrogens is 502 g/mol. The monoisotopic (exact) mass is 533 g/mol. The van der Waals surface area contributed by atoms with Crippen LogP contribution in [0.5, 0.6) is 0 Å². The van der Waals surface area contributed by atoms with Crippen molar-refractivity contribution < 1.29 is 9.59 Å².